The van der Waals surface area contributed by atoms with Gasteiger partial charge in [-0.2, -0.15) is 0 Å². The first-order valence-electron chi connectivity index (χ1n) is 8.49. The first-order valence-corrected chi connectivity index (χ1v) is 8.49. The number of guanidine groups is 1. The maximum Gasteiger partial charge on any atom is 0.191 e. The van der Waals surface area contributed by atoms with Crippen molar-refractivity contribution in [3.05, 3.63) is 54.0 Å². The van der Waals surface area contributed by atoms with E-state index in [0.717, 1.165) is 29.6 Å². The lowest BCUT2D eigenvalue weighted by Crippen LogP contribution is -2.41. The van der Waals surface area contributed by atoms with Crippen molar-refractivity contribution in [2.24, 2.45) is 4.99 Å². The Morgan fingerprint density at radius 1 is 1.24 bits per heavy atom. The third-order valence-corrected chi connectivity index (χ3v) is 3.86. The van der Waals surface area contributed by atoms with E-state index in [2.05, 4.69) is 27.4 Å². The zero-order chi connectivity index (χ0) is 18.1. The Labute approximate surface area is 149 Å². The maximum atomic E-state index is 5.55. The predicted octanol–water partition coefficient (Wildman–Crippen LogP) is 2.65. The molecule has 1 heterocycles. The Morgan fingerprint density at radius 3 is 2.72 bits per heavy atom. The summed E-state index contributed by atoms with van der Waals surface area (Å²) in [7, 11) is 5.74. The van der Waals surface area contributed by atoms with E-state index in [0.29, 0.717) is 13.1 Å². The van der Waals surface area contributed by atoms with Crippen LogP contribution in [0, 0.1) is 0 Å². The molecule has 2 rings (SSSR count). The molecule has 6 heteroatoms. The van der Waals surface area contributed by atoms with Gasteiger partial charge in [0.25, 0.3) is 0 Å². The molecule has 0 radical (unpaired) electrons. The summed E-state index contributed by atoms with van der Waals surface area (Å²) in [6.07, 6.45) is 1.70. The highest BCUT2D eigenvalue weighted by Gasteiger charge is 2.17. The zero-order valence-electron chi connectivity index (χ0n) is 15.5. The van der Waals surface area contributed by atoms with E-state index in [1.807, 2.05) is 50.5 Å². The summed E-state index contributed by atoms with van der Waals surface area (Å²) in [4.78, 5) is 6.78. The number of furan rings is 1. The van der Waals surface area contributed by atoms with Crippen molar-refractivity contribution in [2.45, 2.75) is 19.5 Å². The molecule has 0 aliphatic rings. The first-order chi connectivity index (χ1) is 12.1. The second-order valence-corrected chi connectivity index (χ2v) is 5.92. The monoisotopic (exact) mass is 344 g/mol. The lowest BCUT2D eigenvalue weighted by Gasteiger charge is -2.23. The Morgan fingerprint density at radius 2 is 2.08 bits per heavy atom. The van der Waals surface area contributed by atoms with Gasteiger partial charge in [0.15, 0.2) is 5.96 Å². The van der Waals surface area contributed by atoms with Crippen LogP contribution in [0.15, 0.2) is 52.1 Å². The number of nitrogens with zero attached hydrogens (tertiary/aromatic N) is 2. The standard InChI is InChI=1S/C19H28N4O2/c1-5-20-19(21-13-15-8-6-9-16(12-15)24-4)22-14-17(23(2)3)18-10-7-11-25-18/h6-12,17H,5,13-14H2,1-4H3,(H2,20,21,22). The van der Waals surface area contributed by atoms with E-state index in [9.17, 15) is 0 Å². The van der Waals surface area contributed by atoms with Crippen molar-refractivity contribution in [2.75, 3.05) is 34.3 Å². The number of aliphatic imine (C=N–C) groups is 1. The molecule has 0 aliphatic carbocycles. The van der Waals surface area contributed by atoms with Gasteiger partial charge in [0.2, 0.25) is 0 Å². The number of ether oxygens (including phenoxy) is 1. The van der Waals surface area contributed by atoms with Gasteiger partial charge in [-0.1, -0.05) is 12.1 Å². The third-order valence-electron chi connectivity index (χ3n) is 3.86. The molecule has 1 aromatic carbocycles. The van der Waals surface area contributed by atoms with Gasteiger partial charge in [0, 0.05) is 13.1 Å². The summed E-state index contributed by atoms with van der Waals surface area (Å²) in [5, 5.41) is 6.67. The van der Waals surface area contributed by atoms with Crippen LogP contribution in [0.4, 0.5) is 0 Å². The molecule has 1 atom stereocenters. The number of methoxy groups -OCH3 is 1. The van der Waals surface area contributed by atoms with Gasteiger partial charge in [-0.05, 0) is 50.8 Å². The minimum absolute atomic E-state index is 0.135. The number of rotatable bonds is 8. The lowest BCUT2D eigenvalue weighted by atomic mass is 10.2. The van der Waals surface area contributed by atoms with Crippen molar-refractivity contribution in [1.29, 1.82) is 0 Å². The van der Waals surface area contributed by atoms with Gasteiger partial charge < -0.3 is 19.8 Å². The number of benzene rings is 1. The number of hydrogen-bond acceptors (Lipinski definition) is 4. The van der Waals surface area contributed by atoms with E-state index < -0.39 is 0 Å². The average molecular weight is 344 g/mol. The summed E-state index contributed by atoms with van der Waals surface area (Å²) in [6.45, 7) is 4.14. The molecule has 2 aromatic rings. The molecule has 0 saturated carbocycles. The van der Waals surface area contributed by atoms with E-state index in [1.165, 1.54) is 0 Å². The summed E-state index contributed by atoms with van der Waals surface area (Å²) in [5.41, 5.74) is 1.10. The first kappa shape index (κ1) is 18.9. The van der Waals surface area contributed by atoms with E-state index in [-0.39, 0.29) is 6.04 Å². The minimum Gasteiger partial charge on any atom is -0.497 e. The fraction of sp³-hybridized carbons (Fsp3) is 0.421. The topological polar surface area (TPSA) is 62.0 Å². The van der Waals surface area contributed by atoms with Gasteiger partial charge in [0.1, 0.15) is 11.5 Å². The Balaban J connectivity index is 2.01. The molecule has 0 spiro atoms. The second-order valence-electron chi connectivity index (χ2n) is 5.92. The third kappa shape index (κ3) is 5.83. The molecule has 1 unspecified atom stereocenters. The Hall–Kier alpha value is -2.47. The van der Waals surface area contributed by atoms with Crippen LogP contribution in [0.25, 0.3) is 0 Å². The summed E-state index contributed by atoms with van der Waals surface area (Å²) in [6, 6.07) is 12.0. The largest absolute Gasteiger partial charge is 0.497 e. The molecule has 0 fully saturated rings. The molecule has 136 valence electrons. The van der Waals surface area contributed by atoms with Crippen molar-refractivity contribution < 1.29 is 9.15 Å². The van der Waals surface area contributed by atoms with Gasteiger partial charge >= 0.3 is 0 Å². The van der Waals surface area contributed by atoms with Gasteiger partial charge in [-0.15, -0.1) is 0 Å². The molecule has 25 heavy (non-hydrogen) atoms. The van der Waals surface area contributed by atoms with E-state index in [4.69, 9.17) is 9.15 Å². The van der Waals surface area contributed by atoms with Crippen LogP contribution in [0.1, 0.15) is 24.3 Å². The van der Waals surface area contributed by atoms with Crippen LogP contribution in [-0.4, -0.2) is 45.2 Å². The molecule has 0 aliphatic heterocycles. The lowest BCUT2D eigenvalue weighted by molar-refractivity contribution is 0.258. The predicted molar refractivity (Wildman–Crippen MR) is 101 cm³/mol. The van der Waals surface area contributed by atoms with Crippen LogP contribution in [0.3, 0.4) is 0 Å². The van der Waals surface area contributed by atoms with Crippen LogP contribution >= 0.6 is 0 Å². The van der Waals surface area contributed by atoms with Crippen molar-refractivity contribution >= 4 is 5.96 Å². The highest BCUT2D eigenvalue weighted by Crippen LogP contribution is 2.17. The van der Waals surface area contributed by atoms with Gasteiger partial charge in [0.05, 0.1) is 26.0 Å². The van der Waals surface area contributed by atoms with E-state index in [1.54, 1.807) is 13.4 Å². The number of likely N-dealkylation sites (N-methyl/N-ethyl adjacent to an activating group) is 1. The van der Waals surface area contributed by atoms with Crippen molar-refractivity contribution in [3.63, 3.8) is 0 Å². The summed E-state index contributed by atoms with van der Waals surface area (Å²) in [5.74, 6) is 2.56. The normalized spacial score (nSPS) is 12.9. The molecule has 1 aromatic heterocycles. The molecular formula is C19H28N4O2. The summed E-state index contributed by atoms with van der Waals surface area (Å²) >= 11 is 0. The smallest absolute Gasteiger partial charge is 0.191 e. The van der Waals surface area contributed by atoms with Crippen LogP contribution in [0.5, 0.6) is 5.75 Å². The number of nitrogens with one attached hydrogen (secondary N) is 2. The second kappa shape index (κ2) is 9.74. The Kier molecular flexibility index (Phi) is 7.35. The van der Waals surface area contributed by atoms with Gasteiger partial charge in [-0.3, -0.25) is 4.90 Å². The fourth-order valence-corrected chi connectivity index (χ4v) is 2.49. The molecule has 0 bridgehead atoms. The molecule has 0 saturated heterocycles. The zero-order valence-corrected chi connectivity index (χ0v) is 15.5. The minimum atomic E-state index is 0.135. The Bertz CT molecular complexity index is 653. The van der Waals surface area contributed by atoms with Crippen LogP contribution in [-0.2, 0) is 6.54 Å². The molecular weight excluding hydrogens is 316 g/mol. The molecule has 0 amide bonds. The van der Waals surface area contributed by atoms with Gasteiger partial charge in [-0.25, -0.2) is 4.99 Å². The van der Waals surface area contributed by atoms with Crippen molar-refractivity contribution in [1.82, 2.24) is 15.5 Å². The number of hydrogen-bond donors (Lipinski definition) is 2. The molecule has 6 nitrogen and oxygen atoms in total. The molecule has 2 N–H and O–H groups in total. The fourth-order valence-electron chi connectivity index (χ4n) is 2.49. The highest BCUT2D eigenvalue weighted by molar-refractivity contribution is 5.79. The average Bonchev–Trinajstić information content (AvgIpc) is 3.14. The van der Waals surface area contributed by atoms with Crippen molar-refractivity contribution in [3.8, 4) is 5.75 Å². The summed E-state index contributed by atoms with van der Waals surface area (Å²) < 4.78 is 10.8. The maximum absolute atomic E-state index is 5.55. The van der Waals surface area contributed by atoms with Crippen LogP contribution in [0.2, 0.25) is 0 Å². The SMILES string of the molecule is CCNC(=NCc1cccc(OC)c1)NCC(c1ccco1)N(C)C. The van der Waals surface area contributed by atoms with E-state index >= 15 is 0 Å². The highest BCUT2D eigenvalue weighted by atomic mass is 16.5. The van der Waals surface area contributed by atoms with Crippen LogP contribution < -0.4 is 15.4 Å². The quantitative estimate of drug-likeness (QED) is 0.569.